The van der Waals surface area contributed by atoms with Crippen LogP contribution in [0.4, 0.5) is 0 Å². The van der Waals surface area contributed by atoms with Crippen LogP contribution in [-0.2, 0) is 11.3 Å². The van der Waals surface area contributed by atoms with Gasteiger partial charge in [0.15, 0.2) is 5.65 Å². The van der Waals surface area contributed by atoms with E-state index in [-0.39, 0.29) is 6.10 Å². The third-order valence-electron chi connectivity index (χ3n) is 5.87. The van der Waals surface area contributed by atoms with E-state index < -0.39 is 0 Å². The van der Waals surface area contributed by atoms with Crippen LogP contribution in [0, 0.1) is 41.5 Å². The molecule has 0 bridgehead atoms. The fourth-order valence-electron chi connectivity index (χ4n) is 4.67. The van der Waals surface area contributed by atoms with E-state index in [0.29, 0.717) is 6.61 Å². The summed E-state index contributed by atoms with van der Waals surface area (Å²) in [7, 11) is 0. The lowest BCUT2D eigenvalue weighted by atomic mass is 9.94. The van der Waals surface area contributed by atoms with Crippen LogP contribution in [0.3, 0.4) is 0 Å². The van der Waals surface area contributed by atoms with Crippen molar-refractivity contribution in [3.63, 3.8) is 0 Å². The van der Waals surface area contributed by atoms with E-state index in [1.165, 1.54) is 27.9 Å². The highest BCUT2D eigenvalue weighted by molar-refractivity contribution is 5.90. The minimum Gasteiger partial charge on any atom is -0.377 e. The number of nitrogens with zero attached hydrogens (tertiary/aromatic N) is 4. The van der Waals surface area contributed by atoms with E-state index in [9.17, 15) is 0 Å². The predicted octanol–water partition coefficient (Wildman–Crippen LogP) is 5.63. The Balaban J connectivity index is 2.00. The van der Waals surface area contributed by atoms with Crippen LogP contribution < -0.4 is 0 Å². The smallest absolute Gasteiger partial charge is 0.165 e. The van der Waals surface area contributed by atoms with Gasteiger partial charge in [-0.1, -0.05) is 17.7 Å². The van der Waals surface area contributed by atoms with Crippen molar-refractivity contribution in [1.82, 2.24) is 19.2 Å². The molecule has 5 heteroatoms. The maximum atomic E-state index is 5.84. The Morgan fingerprint density at radius 2 is 1.57 bits per heavy atom. The summed E-state index contributed by atoms with van der Waals surface area (Å²) in [5, 5.41) is 6.12. The van der Waals surface area contributed by atoms with Crippen molar-refractivity contribution in [3.8, 4) is 11.1 Å². The van der Waals surface area contributed by atoms with Crippen LogP contribution in [0.2, 0.25) is 0 Å². The molecule has 0 amide bonds. The molecule has 1 aromatic carbocycles. The Bertz CT molecular complexity index is 1240. The number of benzene rings is 1. The summed E-state index contributed by atoms with van der Waals surface area (Å²) in [6, 6.07) is 6.70. The molecular weight excluding hydrogens is 372 g/mol. The lowest BCUT2D eigenvalue weighted by Crippen LogP contribution is -2.13. The van der Waals surface area contributed by atoms with Gasteiger partial charge in [-0.2, -0.15) is 9.61 Å². The molecule has 158 valence electrons. The summed E-state index contributed by atoms with van der Waals surface area (Å²) in [5.41, 5.74) is 11.5. The number of fused-ring (bicyclic) bond motifs is 3. The minimum atomic E-state index is 0.224. The molecule has 0 atom stereocenters. The number of hydrogen-bond acceptors (Lipinski definition) is 3. The molecule has 3 aromatic heterocycles. The summed E-state index contributed by atoms with van der Waals surface area (Å²) in [6.07, 6.45) is 0.224. The molecule has 0 saturated carbocycles. The molecular formula is C25H32N4O. The Morgan fingerprint density at radius 3 is 2.20 bits per heavy atom. The third kappa shape index (κ3) is 3.31. The first-order valence-corrected chi connectivity index (χ1v) is 10.7. The highest BCUT2D eigenvalue weighted by Crippen LogP contribution is 2.35. The number of ether oxygens (including phenoxy) is 1. The fourth-order valence-corrected chi connectivity index (χ4v) is 4.67. The minimum absolute atomic E-state index is 0.224. The lowest BCUT2D eigenvalue weighted by molar-refractivity contribution is 0.0730. The van der Waals surface area contributed by atoms with Crippen molar-refractivity contribution in [1.29, 1.82) is 0 Å². The van der Waals surface area contributed by atoms with E-state index in [2.05, 4.69) is 78.2 Å². The zero-order valence-electron chi connectivity index (χ0n) is 19.4. The van der Waals surface area contributed by atoms with Crippen LogP contribution in [0.5, 0.6) is 0 Å². The second-order valence-electron chi connectivity index (χ2n) is 8.76. The van der Waals surface area contributed by atoms with Gasteiger partial charge >= 0.3 is 0 Å². The molecule has 30 heavy (non-hydrogen) atoms. The molecule has 0 aliphatic carbocycles. The zero-order chi connectivity index (χ0) is 21.7. The highest BCUT2D eigenvalue weighted by atomic mass is 16.5. The van der Waals surface area contributed by atoms with Gasteiger partial charge in [0, 0.05) is 17.6 Å². The van der Waals surface area contributed by atoms with Gasteiger partial charge in [-0.3, -0.25) is 0 Å². The van der Waals surface area contributed by atoms with Crippen LogP contribution in [0.25, 0.3) is 27.8 Å². The maximum absolute atomic E-state index is 5.84. The molecule has 0 fully saturated rings. The van der Waals surface area contributed by atoms with Gasteiger partial charge in [0.05, 0.1) is 29.7 Å². The normalized spacial score (nSPS) is 12.0. The molecule has 0 N–H and O–H groups in total. The second kappa shape index (κ2) is 7.55. The van der Waals surface area contributed by atoms with E-state index in [0.717, 1.165) is 40.2 Å². The first-order chi connectivity index (χ1) is 14.2. The number of rotatable bonds is 5. The van der Waals surface area contributed by atoms with Crippen molar-refractivity contribution in [2.75, 3.05) is 6.61 Å². The SMILES string of the molecule is Cc1cc(C)c(-c2c(C)nn3c2nc(C)c2cc(C)n(CCOC(C)C)c23)c(C)c1. The first kappa shape index (κ1) is 20.6. The molecule has 4 rings (SSSR count). The Labute approximate surface area is 178 Å². The van der Waals surface area contributed by atoms with Crippen LogP contribution in [-0.4, -0.2) is 31.9 Å². The molecule has 4 aromatic rings. The molecule has 0 spiro atoms. The number of aryl methyl sites for hydroxylation is 6. The van der Waals surface area contributed by atoms with Crippen molar-refractivity contribution < 1.29 is 4.74 Å². The standard InChI is InChI=1S/C25H32N4O/c1-14(2)30-10-9-28-18(6)13-21-19(7)26-24-23(20(8)27-29(24)25(21)28)22-16(4)11-15(3)12-17(22)5/h11-14H,9-10H2,1-8H3. The van der Waals surface area contributed by atoms with Crippen molar-refractivity contribution >= 4 is 16.7 Å². The summed E-state index contributed by atoms with van der Waals surface area (Å²) >= 11 is 0. The lowest BCUT2D eigenvalue weighted by Gasteiger charge is -2.13. The van der Waals surface area contributed by atoms with Crippen LogP contribution >= 0.6 is 0 Å². The topological polar surface area (TPSA) is 44.4 Å². The molecule has 3 heterocycles. The Hall–Kier alpha value is -2.66. The monoisotopic (exact) mass is 404 g/mol. The van der Waals surface area contributed by atoms with E-state index in [1.54, 1.807) is 0 Å². The molecule has 0 saturated heterocycles. The van der Waals surface area contributed by atoms with Crippen LogP contribution in [0.15, 0.2) is 18.2 Å². The highest BCUT2D eigenvalue weighted by Gasteiger charge is 2.21. The molecule has 5 nitrogen and oxygen atoms in total. The van der Waals surface area contributed by atoms with E-state index in [1.807, 2.05) is 4.52 Å². The van der Waals surface area contributed by atoms with Crippen molar-refractivity contribution in [2.45, 2.75) is 68.0 Å². The van der Waals surface area contributed by atoms with Gasteiger partial charge in [-0.05, 0) is 78.1 Å². The van der Waals surface area contributed by atoms with Crippen molar-refractivity contribution in [2.24, 2.45) is 0 Å². The summed E-state index contributed by atoms with van der Waals surface area (Å²) in [5.74, 6) is 0. The van der Waals surface area contributed by atoms with Gasteiger partial charge in [0.2, 0.25) is 0 Å². The summed E-state index contributed by atoms with van der Waals surface area (Å²) in [6.45, 7) is 18.4. The number of aromatic nitrogens is 4. The van der Waals surface area contributed by atoms with Gasteiger partial charge in [0.25, 0.3) is 0 Å². The average molecular weight is 405 g/mol. The van der Waals surface area contributed by atoms with E-state index in [4.69, 9.17) is 14.8 Å². The first-order valence-electron chi connectivity index (χ1n) is 10.7. The zero-order valence-corrected chi connectivity index (χ0v) is 19.4. The van der Waals surface area contributed by atoms with E-state index >= 15 is 0 Å². The summed E-state index contributed by atoms with van der Waals surface area (Å²) in [4.78, 5) is 5.02. The van der Waals surface area contributed by atoms with Gasteiger partial charge in [0.1, 0.15) is 5.65 Å². The van der Waals surface area contributed by atoms with Crippen molar-refractivity contribution in [3.05, 3.63) is 52.0 Å². The van der Waals surface area contributed by atoms with Gasteiger partial charge < -0.3 is 9.30 Å². The third-order valence-corrected chi connectivity index (χ3v) is 5.87. The molecule has 0 unspecified atom stereocenters. The summed E-state index contributed by atoms with van der Waals surface area (Å²) < 4.78 is 10.2. The predicted molar refractivity (Wildman–Crippen MR) is 123 cm³/mol. The largest absolute Gasteiger partial charge is 0.377 e. The molecule has 0 aliphatic rings. The Morgan fingerprint density at radius 1 is 0.900 bits per heavy atom. The van der Waals surface area contributed by atoms with Crippen LogP contribution in [0.1, 0.15) is 47.6 Å². The maximum Gasteiger partial charge on any atom is 0.165 e. The van der Waals surface area contributed by atoms with Gasteiger partial charge in [-0.15, -0.1) is 0 Å². The second-order valence-corrected chi connectivity index (χ2v) is 8.76. The molecule has 0 aliphatic heterocycles. The van der Waals surface area contributed by atoms with Gasteiger partial charge in [-0.25, -0.2) is 4.98 Å². The molecule has 0 radical (unpaired) electrons. The average Bonchev–Trinajstić information content (AvgIpc) is 3.13. The number of hydrogen-bond donors (Lipinski definition) is 0. The fraction of sp³-hybridized carbons (Fsp3) is 0.440. The quantitative estimate of drug-likeness (QED) is 0.433. The Kier molecular flexibility index (Phi) is 5.18.